The maximum Gasteiger partial charge on any atom is 0.239 e. The van der Waals surface area contributed by atoms with Gasteiger partial charge < -0.3 is 16.8 Å². The number of benzene rings is 1. The Morgan fingerprint density at radius 3 is 2.89 bits per heavy atom. The van der Waals surface area contributed by atoms with Gasteiger partial charge in [0.15, 0.2) is 0 Å². The molecule has 0 aliphatic carbocycles. The number of hydrogen-bond acceptors (Lipinski definition) is 4. The van der Waals surface area contributed by atoms with Crippen molar-refractivity contribution in [1.82, 2.24) is 4.98 Å². The van der Waals surface area contributed by atoms with E-state index in [1.807, 2.05) is 18.2 Å². The number of fused-ring (bicyclic) bond motifs is 1. The Labute approximate surface area is 113 Å². The predicted octanol–water partition coefficient (Wildman–Crippen LogP) is 1.87. The maximum absolute atomic E-state index is 11.1. The van der Waals surface area contributed by atoms with Crippen molar-refractivity contribution in [3.8, 4) is 0 Å². The second-order valence-electron chi connectivity index (χ2n) is 4.02. The lowest BCUT2D eigenvalue weighted by Crippen LogP contribution is -2.32. The molecule has 1 atom stereocenters. The first kappa shape index (κ1) is 12.6. The predicted molar refractivity (Wildman–Crippen MR) is 76.1 cm³/mol. The summed E-state index contributed by atoms with van der Waals surface area (Å²) in [4.78, 5) is 15.3. The number of nitrogens with zero attached hydrogens (tertiary/aromatic N) is 1. The molecule has 1 unspecified atom stereocenters. The van der Waals surface area contributed by atoms with E-state index in [1.54, 1.807) is 13.1 Å². The molecule has 0 saturated carbocycles. The second kappa shape index (κ2) is 4.81. The normalized spacial score (nSPS) is 12.3. The van der Waals surface area contributed by atoms with Gasteiger partial charge in [-0.3, -0.25) is 9.78 Å². The van der Waals surface area contributed by atoms with Crippen LogP contribution in [0.3, 0.4) is 0 Å². The molecule has 1 aromatic carbocycles. The molecule has 1 amide bonds. The van der Waals surface area contributed by atoms with Crippen molar-refractivity contribution in [2.24, 2.45) is 5.73 Å². The fourth-order valence-electron chi connectivity index (χ4n) is 1.63. The number of anilines is 2. The minimum Gasteiger partial charge on any atom is -0.396 e. The molecule has 2 rings (SSSR count). The quantitative estimate of drug-likeness (QED) is 0.806. The molecule has 0 bridgehead atoms. The number of nitrogen functional groups attached to an aromatic ring is 1. The van der Waals surface area contributed by atoms with Crippen molar-refractivity contribution in [1.29, 1.82) is 0 Å². The van der Waals surface area contributed by atoms with E-state index >= 15 is 0 Å². The molecule has 1 heterocycles. The van der Waals surface area contributed by atoms with Gasteiger partial charge in [0.1, 0.15) is 6.04 Å². The molecule has 0 saturated heterocycles. The number of carbonyl (C=O) groups is 1. The van der Waals surface area contributed by atoms with Gasteiger partial charge in [-0.15, -0.1) is 0 Å². The summed E-state index contributed by atoms with van der Waals surface area (Å²) in [6.07, 6.45) is 1.56. The highest BCUT2D eigenvalue weighted by Gasteiger charge is 2.13. The largest absolute Gasteiger partial charge is 0.396 e. The highest BCUT2D eigenvalue weighted by atomic mass is 79.9. The minimum atomic E-state index is -0.503. The number of halogens is 1. The third kappa shape index (κ3) is 2.38. The van der Waals surface area contributed by atoms with Gasteiger partial charge in [0, 0.05) is 9.86 Å². The van der Waals surface area contributed by atoms with Gasteiger partial charge in [-0.25, -0.2) is 0 Å². The van der Waals surface area contributed by atoms with Gasteiger partial charge in [-0.1, -0.05) is 15.9 Å². The van der Waals surface area contributed by atoms with E-state index in [-0.39, 0.29) is 0 Å². The molecular formula is C12H13BrN4O. The average molecular weight is 309 g/mol. The summed E-state index contributed by atoms with van der Waals surface area (Å²) in [5.74, 6) is -0.436. The van der Waals surface area contributed by atoms with E-state index in [2.05, 4.69) is 26.2 Å². The Morgan fingerprint density at radius 1 is 1.50 bits per heavy atom. The Kier molecular flexibility index (Phi) is 3.38. The molecule has 0 radical (unpaired) electrons. The summed E-state index contributed by atoms with van der Waals surface area (Å²) in [5, 5.41) is 3.86. The molecule has 5 N–H and O–H groups in total. The van der Waals surface area contributed by atoms with Gasteiger partial charge >= 0.3 is 0 Å². The smallest absolute Gasteiger partial charge is 0.239 e. The van der Waals surface area contributed by atoms with E-state index in [0.717, 1.165) is 15.4 Å². The van der Waals surface area contributed by atoms with Gasteiger partial charge in [-0.05, 0) is 25.1 Å². The van der Waals surface area contributed by atoms with Gasteiger partial charge in [0.05, 0.1) is 23.1 Å². The average Bonchev–Trinajstić information content (AvgIpc) is 2.32. The van der Waals surface area contributed by atoms with Crippen LogP contribution in [-0.4, -0.2) is 16.9 Å². The lowest BCUT2D eigenvalue weighted by Gasteiger charge is -2.16. The zero-order valence-electron chi connectivity index (χ0n) is 9.77. The van der Waals surface area contributed by atoms with Crippen LogP contribution in [0.1, 0.15) is 6.92 Å². The molecule has 5 nitrogen and oxygen atoms in total. The second-order valence-corrected chi connectivity index (χ2v) is 4.93. The van der Waals surface area contributed by atoms with Crippen LogP contribution in [0.2, 0.25) is 0 Å². The fourth-order valence-corrected chi connectivity index (χ4v) is 1.99. The molecule has 94 valence electrons. The van der Waals surface area contributed by atoms with Gasteiger partial charge in [0.2, 0.25) is 5.91 Å². The van der Waals surface area contributed by atoms with E-state index < -0.39 is 11.9 Å². The number of pyridine rings is 1. The highest BCUT2D eigenvalue weighted by molar-refractivity contribution is 9.10. The number of carbonyl (C=O) groups excluding carboxylic acids is 1. The summed E-state index contributed by atoms with van der Waals surface area (Å²) in [6.45, 7) is 1.69. The summed E-state index contributed by atoms with van der Waals surface area (Å²) < 4.78 is 0.914. The monoisotopic (exact) mass is 308 g/mol. The van der Waals surface area contributed by atoms with E-state index in [4.69, 9.17) is 11.5 Å². The number of aromatic nitrogens is 1. The van der Waals surface area contributed by atoms with Crippen LogP contribution in [0.25, 0.3) is 10.9 Å². The van der Waals surface area contributed by atoms with Crippen LogP contribution in [0.4, 0.5) is 11.4 Å². The van der Waals surface area contributed by atoms with Crippen LogP contribution >= 0.6 is 15.9 Å². The Hall–Kier alpha value is -1.82. The summed E-state index contributed by atoms with van der Waals surface area (Å²) >= 11 is 3.40. The molecule has 18 heavy (non-hydrogen) atoms. The Morgan fingerprint density at radius 2 is 2.22 bits per heavy atom. The number of nitrogens with one attached hydrogen (secondary N) is 1. The first-order chi connectivity index (χ1) is 8.49. The van der Waals surface area contributed by atoms with Gasteiger partial charge in [-0.2, -0.15) is 0 Å². The van der Waals surface area contributed by atoms with Crippen molar-refractivity contribution in [2.75, 3.05) is 11.1 Å². The lowest BCUT2D eigenvalue weighted by molar-refractivity contribution is -0.118. The number of primary amides is 1. The first-order valence-corrected chi connectivity index (χ1v) is 6.18. The third-order valence-electron chi connectivity index (χ3n) is 2.65. The van der Waals surface area contributed by atoms with E-state index in [9.17, 15) is 4.79 Å². The number of amides is 1. The summed E-state index contributed by atoms with van der Waals surface area (Å²) in [7, 11) is 0. The van der Waals surface area contributed by atoms with Crippen molar-refractivity contribution >= 4 is 44.1 Å². The molecule has 0 aliphatic heterocycles. The van der Waals surface area contributed by atoms with Crippen LogP contribution in [0.5, 0.6) is 0 Å². The standard InChI is InChI=1S/C12H13BrN4O/c1-6(12(15)18)17-11-8-4-7(13)2-3-10(8)16-5-9(11)14/h2-6H,14H2,1H3,(H2,15,18)(H,16,17). The zero-order chi connectivity index (χ0) is 13.3. The van der Waals surface area contributed by atoms with Crippen molar-refractivity contribution in [3.05, 3.63) is 28.9 Å². The molecular weight excluding hydrogens is 296 g/mol. The molecule has 0 aliphatic rings. The topological polar surface area (TPSA) is 94.0 Å². The summed E-state index contributed by atoms with van der Waals surface area (Å²) in [5.41, 5.74) is 13.1. The van der Waals surface area contributed by atoms with E-state index in [0.29, 0.717) is 11.4 Å². The van der Waals surface area contributed by atoms with Crippen LogP contribution in [-0.2, 0) is 4.79 Å². The Balaban J connectivity index is 2.56. The van der Waals surface area contributed by atoms with Crippen molar-refractivity contribution in [2.45, 2.75) is 13.0 Å². The van der Waals surface area contributed by atoms with Gasteiger partial charge in [0.25, 0.3) is 0 Å². The fraction of sp³-hybridized carbons (Fsp3) is 0.167. The van der Waals surface area contributed by atoms with E-state index in [1.165, 1.54) is 0 Å². The SMILES string of the molecule is CC(Nc1c(N)cnc2ccc(Br)cc12)C(N)=O. The molecule has 0 spiro atoms. The number of rotatable bonds is 3. The third-order valence-corrected chi connectivity index (χ3v) is 3.14. The first-order valence-electron chi connectivity index (χ1n) is 5.38. The van der Waals surface area contributed by atoms with Crippen LogP contribution in [0, 0.1) is 0 Å². The number of hydrogen-bond donors (Lipinski definition) is 3. The Bertz CT molecular complexity index is 609. The molecule has 2 aromatic rings. The summed E-state index contributed by atoms with van der Waals surface area (Å²) in [6, 6.07) is 5.16. The maximum atomic E-state index is 11.1. The minimum absolute atomic E-state index is 0.436. The van der Waals surface area contributed by atoms with Crippen LogP contribution < -0.4 is 16.8 Å². The number of nitrogens with two attached hydrogens (primary N) is 2. The van der Waals surface area contributed by atoms with Crippen molar-refractivity contribution in [3.63, 3.8) is 0 Å². The lowest BCUT2D eigenvalue weighted by atomic mass is 10.1. The van der Waals surface area contributed by atoms with Crippen molar-refractivity contribution < 1.29 is 4.79 Å². The van der Waals surface area contributed by atoms with Crippen LogP contribution in [0.15, 0.2) is 28.9 Å². The molecule has 6 heteroatoms. The molecule has 0 fully saturated rings. The molecule has 1 aromatic heterocycles. The highest BCUT2D eigenvalue weighted by Crippen LogP contribution is 2.30. The zero-order valence-corrected chi connectivity index (χ0v) is 11.4.